The van der Waals surface area contributed by atoms with Crippen molar-refractivity contribution >= 4 is 68.5 Å². The molecule has 4 nitrogen and oxygen atoms in total. The molecule has 0 spiro atoms. The maximum atomic E-state index is 12.1. The molecule has 27 heavy (non-hydrogen) atoms. The van der Waals surface area contributed by atoms with Gasteiger partial charge in [0.2, 0.25) is 0 Å². The van der Waals surface area contributed by atoms with E-state index >= 15 is 0 Å². The molecule has 0 aliphatic rings. The topological polar surface area (TPSA) is 52.6 Å². The van der Waals surface area contributed by atoms with Crippen molar-refractivity contribution in [1.82, 2.24) is 0 Å². The Morgan fingerprint density at radius 2 is 1.19 bits per heavy atom. The van der Waals surface area contributed by atoms with Gasteiger partial charge in [0.15, 0.2) is 0 Å². The van der Waals surface area contributed by atoms with E-state index in [0.29, 0.717) is 11.5 Å². The number of rotatable bonds is 6. The SMILES string of the molecule is O=C(Cc1ccc(CC(=O)Oc2cccc(I)c2)s1)Oc1cccc(I)c1. The summed E-state index contributed by atoms with van der Waals surface area (Å²) < 4.78 is 12.7. The van der Waals surface area contributed by atoms with Crippen LogP contribution in [0.1, 0.15) is 9.75 Å². The van der Waals surface area contributed by atoms with E-state index in [1.807, 2.05) is 36.4 Å². The van der Waals surface area contributed by atoms with Gasteiger partial charge in [-0.1, -0.05) is 12.1 Å². The predicted octanol–water partition coefficient (Wildman–Crippen LogP) is 5.25. The highest BCUT2D eigenvalue weighted by atomic mass is 127. The standard InChI is InChI=1S/C20H14I2O4S/c21-13-3-1-5-15(9-13)25-19(23)11-17-7-8-18(27-17)12-20(24)26-16-6-2-4-14(22)10-16/h1-10H,11-12H2. The van der Waals surface area contributed by atoms with Gasteiger partial charge in [-0.3, -0.25) is 9.59 Å². The molecule has 0 saturated carbocycles. The number of halogens is 2. The third-order valence-corrected chi connectivity index (χ3v) is 5.84. The molecule has 0 fully saturated rings. The number of carbonyl (C=O) groups excluding carboxylic acids is 2. The van der Waals surface area contributed by atoms with Crippen molar-refractivity contribution in [1.29, 1.82) is 0 Å². The Bertz CT molecular complexity index is 892. The van der Waals surface area contributed by atoms with E-state index in [1.54, 1.807) is 24.3 Å². The Balaban J connectivity index is 1.53. The van der Waals surface area contributed by atoms with Crippen LogP contribution < -0.4 is 9.47 Å². The maximum absolute atomic E-state index is 12.1. The number of hydrogen-bond acceptors (Lipinski definition) is 5. The van der Waals surface area contributed by atoms with Gasteiger partial charge in [0.25, 0.3) is 0 Å². The first-order valence-corrected chi connectivity index (χ1v) is 11.0. The van der Waals surface area contributed by atoms with Gasteiger partial charge in [-0.2, -0.15) is 0 Å². The molecule has 0 radical (unpaired) electrons. The second-order valence-corrected chi connectivity index (χ2v) is 9.33. The predicted molar refractivity (Wildman–Crippen MR) is 121 cm³/mol. The van der Waals surface area contributed by atoms with Gasteiger partial charge in [0.1, 0.15) is 11.5 Å². The number of hydrogen-bond donors (Lipinski definition) is 0. The van der Waals surface area contributed by atoms with Crippen molar-refractivity contribution in [3.8, 4) is 11.5 Å². The molecule has 1 aromatic heterocycles. The van der Waals surface area contributed by atoms with Crippen LogP contribution in [0.2, 0.25) is 0 Å². The summed E-state index contributed by atoms with van der Waals surface area (Å²) in [5.74, 6) is 0.410. The quantitative estimate of drug-likeness (QED) is 0.219. The van der Waals surface area contributed by atoms with E-state index in [1.165, 1.54) is 11.3 Å². The maximum Gasteiger partial charge on any atom is 0.316 e. The van der Waals surface area contributed by atoms with Crippen LogP contribution in [0.3, 0.4) is 0 Å². The second kappa shape index (κ2) is 9.65. The van der Waals surface area contributed by atoms with Crippen molar-refractivity contribution in [2.75, 3.05) is 0 Å². The fourth-order valence-corrected chi connectivity index (χ4v) is 4.31. The molecule has 3 rings (SSSR count). The normalized spacial score (nSPS) is 10.4. The fourth-order valence-electron chi connectivity index (χ4n) is 2.29. The van der Waals surface area contributed by atoms with E-state index in [4.69, 9.17) is 9.47 Å². The number of ether oxygens (including phenoxy) is 2. The Hall–Kier alpha value is -1.46. The lowest BCUT2D eigenvalue weighted by Crippen LogP contribution is -2.11. The minimum atomic E-state index is -0.327. The second-order valence-electron chi connectivity index (χ2n) is 5.58. The number of carbonyl (C=O) groups is 2. The Labute approximate surface area is 188 Å². The van der Waals surface area contributed by atoms with E-state index in [9.17, 15) is 9.59 Å². The van der Waals surface area contributed by atoms with Crippen LogP contribution in [-0.4, -0.2) is 11.9 Å². The van der Waals surface area contributed by atoms with Gasteiger partial charge in [-0.15, -0.1) is 11.3 Å². The first-order chi connectivity index (χ1) is 13.0. The van der Waals surface area contributed by atoms with Crippen molar-refractivity contribution in [3.63, 3.8) is 0 Å². The van der Waals surface area contributed by atoms with Gasteiger partial charge in [0.05, 0.1) is 12.8 Å². The Morgan fingerprint density at radius 3 is 1.59 bits per heavy atom. The number of thiophene rings is 1. The van der Waals surface area contributed by atoms with Crippen molar-refractivity contribution in [3.05, 3.63) is 77.6 Å². The molecule has 7 heteroatoms. The monoisotopic (exact) mass is 604 g/mol. The van der Waals surface area contributed by atoms with E-state index < -0.39 is 0 Å². The molecular weight excluding hydrogens is 590 g/mol. The molecular formula is C20H14I2O4S. The van der Waals surface area contributed by atoms with Crippen LogP contribution in [0.25, 0.3) is 0 Å². The van der Waals surface area contributed by atoms with Gasteiger partial charge in [-0.05, 0) is 93.7 Å². The average Bonchev–Trinajstić information content (AvgIpc) is 3.01. The first kappa shape index (κ1) is 20.3. The van der Waals surface area contributed by atoms with Crippen LogP contribution in [0.5, 0.6) is 11.5 Å². The summed E-state index contributed by atoms with van der Waals surface area (Å²) in [6.45, 7) is 0. The summed E-state index contributed by atoms with van der Waals surface area (Å²) in [7, 11) is 0. The lowest BCUT2D eigenvalue weighted by Gasteiger charge is -2.04. The molecule has 0 bridgehead atoms. The van der Waals surface area contributed by atoms with Crippen molar-refractivity contribution < 1.29 is 19.1 Å². The Kier molecular flexibility index (Phi) is 7.25. The largest absolute Gasteiger partial charge is 0.426 e. The van der Waals surface area contributed by atoms with Gasteiger partial charge in [0, 0.05) is 16.9 Å². The number of benzene rings is 2. The summed E-state index contributed by atoms with van der Waals surface area (Å²) in [5, 5.41) is 0. The highest BCUT2D eigenvalue weighted by molar-refractivity contribution is 14.1. The minimum Gasteiger partial charge on any atom is -0.426 e. The van der Waals surface area contributed by atoms with E-state index in [-0.39, 0.29) is 24.8 Å². The molecule has 0 aliphatic carbocycles. The summed E-state index contributed by atoms with van der Waals surface area (Å²) in [5.41, 5.74) is 0. The minimum absolute atomic E-state index is 0.169. The first-order valence-electron chi connectivity index (χ1n) is 7.98. The Morgan fingerprint density at radius 1 is 0.741 bits per heavy atom. The molecule has 0 amide bonds. The smallest absolute Gasteiger partial charge is 0.316 e. The summed E-state index contributed by atoms with van der Waals surface area (Å²) in [4.78, 5) is 25.9. The van der Waals surface area contributed by atoms with Crippen LogP contribution in [0.4, 0.5) is 0 Å². The third-order valence-electron chi connectivity index (χ3n) is 3.41. The van der Waals surface area contributed by atoms with Crippen molar-refractivity contribution in [2.24, 2.45) is 0 Å². The summed E-state index contributed by atoms with van der Waals surface area (Å²) in [6.07, 6.45) is 0.337. The molecule has 0 aliphatic heterocycles. The van der Waals surface area contributed by atoms with Gasteiger partial charge >= 0.3 is 11.9 Å². The van der Waals surface area contributed by atoms with Gasteiger partial charge < -0.3 is 9.47 Å². The molecule has 3 aromatic rings. The van der Waals surface area contributed by atoms with Crippen LogP contribution in [-0.2, 0) is 22.4 Å². The highest BCUT2D eigenvalue weighted by Gasteiger charge is 2.12. The highest BCUT2D eigenvalue weighted by Crippen LogP contribution is 2.21. The average molecular weight is 604 g/mol. The molecule has 138 valence electrons. The molecule has 0 unspecified atom stereocenters. The fraction of sp³-hybridized carbons (Fsp3) is 0.100. The van der Waals surface area contributed by atoms with E-state index in [0.717, 1.165) is 16.9 Å². The van der Waals surface area contributed by atoms with Crippen molar-refractivity contribution in [2.45, 2.75) is 12.8 Å². The van der Waals surface area contributed by atoms with Crippen LogP contribution >= 0.6 is 56.5 Å². The molecule has 1 heterocycles. The lowest BCUT2D eigenvalue weighted by atomic mass is 10.3. The van der Waals surface area contributed by atoms with Gasteiger partial charge in [-0.25, -0.2) is 0 Å². The third kappa shape index (κ3) is 6.58. The zero-order chi connectivity index (χ0) is 19.2. The summed E-state index contributed by atoms with van der Waals surface area (Å²) >= 11 is 5.74. The molecule has 0 atom stereocenters. The van der Waals surface area contributed by atoms with Crippen LogP contribution in [0, 0.1) is 7.14 Å². The molecule has 0 saturated heterocycles. The summed E-state index contributed by atoms with van der Waals surface area (Å²) in [6, 6.07) is 18.3. The lowest BCUT2D eigenvalue weighted by molar-refractivity contribution is -0.134. The molecule has 0 N–H and O–H groups in total. The van der Waals surface area contributed by atoms with E-state index in [2.05, 4.69) is 45.2 Å². The zero-order valence-electron chi connectivity index (χ0n) is 14.0. The zero-order valence-corrected chi connectivity index (χ0v) is 19.1. The molecule has 2 aromatic carbocycles. The van der Waals surface area contributed by atoms with Crippen LogP contribution in [0.15, 0.2) is 60.7 Å². The number of esters is 2.